The molecule has 0 aliphatic carbocycles. The predicted octanol–water partition coefficient (Wildman–Crippen LogP) is 6.60. The van der Waals surface area contributed by atoms with Gasteiger partial charge in [0.15, 0.2) is 0 Å². The maximum Gasteiger partial charge on any atom is 0.335 e. The lowest BCUT2D eigenvalue weighted by molar-refractivity contribution is -0.384. The van der Waals surface area contributed by atoms with Crippen LogP contribution in [0.4, 0.5) is 11.4 Å². The second-order valence-corrected chi connectivity index (χ2v) is 8.77. The number of carboxylic acids is 1. The zero-order valence-corrected chi connectivity index (χ0v) is 19.3. The van der Waals surface area contributed by atoms with Gasteiger partial charge in [0.25, 0.3) is 5.69 Å². The van der Waals surface area contributed by atoms with Crippen LogP contribution >= 0.6 is 11.8 Å². The van der Waals surface area contributed by atoms with E-state index in [1.165, 1.54) is 24.3 Å². The molecule has 3 aromatic carbocycles. The highest BCUT2D eigenvalue weighted by Crippen LogP contribution is 2.30. The summed E-state index contributed by atoms with van der Waals surface area (Å²) in [6.07, 6.45) is 1.79. The van der Waals surface area contributed by atoms with E-state index >= 15 is 0 Å². The molecule has 0 radical (unpaired) electrons. The van der Waals surface area contributed by atoms with Gasteiger partial charge in [-0.3, -0.25) is 15.1 Å². The van der Waals surface area contributed by atoms with E-state index in [0.717, 1.165) is 32.4 Å². The van der Waals surface area contributed by atoms with Crippen LogP contribution in [0.15, 0.2) is 93.6 Å². The highest BCUT2D eigenvalue weighted by Gasteiger charge is 2.10. The molecule has 7 nitrogen and oxygen atoms in total. The quantitative estimate of drug-likeness (QED) is 0.186. The molecule has 34 heavy (non-hydrogen) atoms. The Morgan fingerprint density at radius 3 is 2.12 bits per heavy atom. The number of nitrogens with zero attached hydrogens (tertiary/aromatic N) is 3. The lowest BCUT2D eigenvalue weighted by Crippen LogP contribution is -1.99. The summed E-state index contributed by atoms with van der Waals surface area (Å²) in [6, 6.07) is 23.1. The number of non-ortho nitro benzene ring substituents is 1. The predicted molar refractivity (Wildman–Crippen MR) is 133 cm³/mol. The van der Waals surface area contributed by atoms with E-state index in [4.69, 9.17) is 5.11 Å². The van der Waals surface area contributed by atoms with Crippen molar-refractivity contribution in [2.24, 2.45) is 4.99 Å². The number of carbonyl (C=O) groups is 1. The first-order valence-electron chi connectivity index (χ1n) is 10.4. The molecular weight excluding hydrogens is 450 g/mol. The Labute approximate surface area is 200 Å². The number of nitro groups is 1. The van der Waals surface area contributed by atoms with Crippen LogP contribution in [-0.4, -0.2) is 26.8 Å². The Morgan fingerprint density at radius 2 is 1.56 bits per heavy atom. The summed E-state index contributed by atoms with van der Waals surface area (Å²) < 4.78 is 2.15. The standard InChI is InChI=1S/C26H21N3O4S/c1-17-15-20(16-27-21-5-3-19(4-6-21)26(30)31)18(2)28(17)22-7-11-24(12-8-22)34-25-13-9-23(10-14-25)29(32)33/h3-16H,1-2H3,(H,30,31). The Kier molecular flexibility index (Phi) is 6.60. The molecule has 4 aromatic rings. The molecule has 170 valence electrons. The number of hydrogen-bond acceptors (Lipinski definition) is 5. The van der Waals surface area contributed by atoms with E-state index in [1.54, 1.807) is 42.2 Å². The number of nitro benzene ring substituents is 1. The minimum Gasteiger partial charge on any atom is -0.478 e. The summed E-state index contributed by atoms with van der Waals surface area (Å²) in [5.74, 6) is -0.962. The van der Waals surface area contributed by atoms with Gasteiger partial charge >= 0.3 is 5.97 Å². The molecule has 0 aliphatic rings. The van der Waals surface area contributed by atoms with Gasteiger partial charge < -0.3 is 9.67 Å². The second-order valence-electron chi connectivity index (χ2n) is 7.62. The highest BCUT2D eigenvalue weighted by atomic mass is 32.2. The molecule has 0 amide bonds. The minimum atomic E-state index is -0.962. The van der Waals surface area contributed by atoms with Crippen LogP contribution in [0.25, 0.3) is 5.69 Å². The average Bonchev–Trinajstić information content (AvgIpc) is 3.11. The molecule has 0 spiro atoms. The number of hydrogen-bond donors (Lipinski definition) is 1. The SMILES string of the molecule is Cc1cc(C=Nc2ccc(C(=O)O)cc2)c(C)n1-c1ccc(Sc2ccc([N+](=O)[O-])cc2)cc1. The summed E-state index contributed by atoms with van der Waals surface area (Å²) in [5.41, 5.74) is 5.09. The van der Waals surface area contributed by atoms with Crippen LogP contribution in [-0.2, 0) is 0 Å². The van der Waals surface area contributed by atoms with Gasteiger partial charge in [-0.05, 0) is 80.6 Å². The lowest BCUT2D eigenvalue weighted by atomic mass is 10.2. The molecule has 0 saturated carbocycles. The number of rotatable bonds is 7. The van der Waals surface area contributed by atoms with Crippen molar-refractivity contribution < 1.29 is 14.8 Å². The maximum absolute atomic E-state index is 11.0. The van der Waals surface area contributed by atoms with Gasteiger partial charge in [-0.25, -0.2) is 4.79 Å². The first-order chi connectivity index (χ1) is 16.3. The van der Waals surface area contributed by atoms with Gasteiger partial charge in [-0.1, -0.05) is 11.8 Å². The van der Waals surface area contributed by atoms with Crippen molar-refractivity contribution in [3.63, 3.8) is 0 Å². The lowest BCUT2D eigenvalue weighted by Gasteiger charge is -2.10. The van der Waals surface area contributed by atoms with Crippen molar-refractivity contribution >= 4 is 35.3 Å². The van der Waals surface area contributed by atoms with Gasteiger partial charge in [0.1, 0.15) is 0 Å². The Balaban J connectivity index is 1.51. The first kappa shape index (κ1) is 23.0. The van der Waals surface area contributed by atoms with Crippen LogP contribution in [0.5, 0.6) is 0 Å². The monoisotopic (exact) mass is 471 g/mol. The first-order valence-corrected chi connectivity index (χ1v) is 11.2. The van der Waals surface area contributed by atoms with Gasteiger partial charge in [0, 0.05) is 50.8 Å². The summed E-state index contributed by atoms with van der Waals surface area (Å²) in [4.78, 5) is 27.9. The number of aromatic nitrogens is 1. The zero-order chi connectivity index (χ0) is 24.2. The van der Waals surface area contributed by atoms with Crippen molar-refractivity contribution in [1.29, 1.82) is 0 Å². The number of aliphatic imine (C=N–C) groups is 1. The number of aromatic carboxylic acids is 1. The fourth-order valence-electron chi connectivity index (χ4n) is 3.59. The second kappa shape index (κ2) is 9.76. The Hall–Kier alpha value is -4.17. The Morgan fingerprint density at radius 1 is 0.971 bits per heavy atom. The third-order valence-corrected chi connectivity index (χ3v) is 6.33. The summed E-state index contributed by atoms with van der Waals surface area (Å²) >= 11 is 1.54. The van der Waals surface area contributed by atoms with Crippen molar-refractivity contribution in [2.75, 3.05) is 0 Å². The molecular formula is C26H21N3O4S. The van der Waals surface area contributed by atoms with E-state index in [0.29, 0.717) is 5.69 Å². The average molecular weight is 472 g/mol. The molecule has 4 rings (SSSR count). The highest BCUT2D eigenvalue weighted by molar-refractivity contribution is 7.99. The van der Waals surface area contributed by atoms with Crippen LogP contribution in [0.3, 0.4) is 0 Å². The van der Waals surface area contributed by atoms with Crippen LogP contribution < -0.4 is 0 Å². The molecule has 0 aliphatic heterocycles. The van der Waals surface area contributed by atoms with Crippen LogP contribution in [0.2, 0.25) is 0 Å². The molecule has 1 aromatic heterocycles. The van der Waals surface area contributed by atoms with Gasteiger partial charge in [-0.15, -0.1) is 0 Å². The minimum absolute atomic E-state index is 0.0786. The molecule has 0 bridgehead atoms. The topological polar surface area (TPSA) is 97.7 Å². The van der Waals surface area contributed by atoms with Crippen LogP contribution in [0.1, 0.15) is 27.3 Å². The number of carboxylic acid groups (broad SMARTS) is 1. The maximum atomic E-state index is 11.0. The molecule has 0 atom stereocenters. The fraction of sp³-hybridized carbons (Fsp3) is 0.0769. The van der Waals surface area contributed by atoms with E-state index in [-0.39, 0.29) is 11.3 Å². The van der Waals surface area contributed by atoms with E-state index in [9.17, 15) is 14.9 Å². The van der Waals surface area contributed by atoms with E-state index < -0.39 is 10.9 Å². The molecule has 1 N–H and O–H groups in total. The fourth-order valence-corrected chi connectivity index (χ4v) is 4.40. The largest absolute Gasteiger partial charge is 0.478 e. The van der Waals surface area contributed by atoms with Crippen LogP contribution in [0, 0.1) is 24.0 Å². The van der Waals surface area contributed by atoms with E-state index in [2.05, 4.69) is 15.6 Å². The van der Waals surface area contributed by atoms with Crippen molar-refractivity contribution in [1.82, 2.24) is 4.57 Å². The van der Waals surface area contributed by atoms with Gasteiger partial charge in [0.2, 0.25) is 0 Å². The third-order valence-electron chi connectivity index (χ3n) is 5.32. The molecule has 1 heterocycles. The van der Waals surface area contributed by atoms with Crippen molar-refractivity contribution in [3.8, 4) is 5.69 Å². The Bertz CT molecular complexity index is 1370. The number of aryl methyl sites for hydroxylation is 1. The summed E-state index contributed by atoms with van der Waals surface area (Å²) in [6.45, 7) is 4.06. The molecule has 0 fully saturated rings. The van der Waals surface area contributed by atoms with Crippen molar-refractivity contribution in [3.05, 3.63) is 111 Å². The van der Waals surface area contributed by atoms with Gasteiger partial charge in [-0.2, -0.15) is 0 Å². The van der Waals surface area contributed by atoms with E-state index in [1.807, 2.05) is 38.1 Å². The zero-order valence-electron chi connectivity index (χ0n) is 18.5. The molecule has 8 heteroatoms. The van der Waals surface area contributed by atoms with Gasteiger partial charge in [0.05, 0.1) is 16.2 Å². The summed E-state index contributed by atoms with van der Waals surface area (Å²) in [7, 11) is 0. The molecule has 0 unspecified atom stereocenters. The molecule has 0 saturated heterocycles. The summed E-state index contributed by atoms with van der Waals surface area (Å²) in [5, 5.41) is 19.8. The smallest absolute Gasteiger partial charge is 0.335 e. The number of benzene rings is 3. The third kappa shape index (κ3) is 5.07. The normalized spacial score (nSPS) is 11.1. The van der Waals surface area contributed by atoms with Crippen molar-refractivity contribution in [2.45, 2.75) is 23.6 Å².